The number of nitrogens with one attached hydrogen (secondary N) is 1. The Labute approximate surface area is 169 Å². The highest BCUT2D eigenvalue weighted by molar-refractivity contribution is 8.00. The summed E-state index contributed by atoms with van der Waals surface area (Å²) in [5.41, 5.74) is -0.952. The third kappa shape index (κ3) is 6.38. The molecule has 0 bridgehead atoms. The minimum Gasteiger partial charge on any atom is -0.494 e. The highest BCUT2D eigenvalue weighted by Crippen LogP contribution is 2.36. The molecule has 10 heteroatoms. The van der Waals surface area contributed by atoms with Crippen LogP contribution in [0.15, 0.2) is 47.4 Å². The van der Waals surface area contributed by atoms with E-state index in [1.165, 1.54) is 0 Å². The quantitative estimate of drug-likeness (QED) is 0.364. The van der Waals surface area contributed by atoms with Gasteiger partial charge in [-0.3, -0.25) is 14.9 Å². The maximum atomic E-state index is 12.7. The standard InChI is InChI=1S/C19H19F3N2O4S/c1-3-28-15-7-4-13(5-8-15)12(2)23-18(25)11-29-17-9-6-14(19(20,21)22)10-16(17)24(26)27/h4-10,12H,3,11H2,1-2H3,(H,23,25). The number of halogens is 3. The molecule has 0 heterocycles. The second kappa shape index (κ2) is 9.64. The number of hydrogen-bond donors (Lipinski definition) is 1. The molecule has 0 aliphatic carbocycles. The number of amides is 1. The van der Waals surface area contributed by atoms with Gasteiger partial charge in [-0.2, -0.15) is 13.2 Å². The predicted molar refractivity (Wildman–Crippen MR) is 103 cm³/mol. The van der Waals surface area contributed by atoms with E-state index in [1.54, 1.807) is 19.1 Å². The number of nitro benzene ring substituents is 1. The molecule has 0 saturated carbocycles. The summed E-state index contributed by atoms with van der Waals surface area (Å²) in [6.45, 7) is 4.19. The van der Waals surface area contributed by atoms with E-state index in [4.69, 9.17) is 4.74 Å². The summed E-state index contributed by atoms with van der Waals surface area (Å²) in [4.78, 5) is 22.4. The SMILES string of the molecule is CCOc1ccc(C(C)NC(=O)CSc2ccc(C(F)(F)F)cc2[N+](=O)[O-])cc1. The Kier molecular flexibility index (Phi) is 7.49. The van der Waals surface area contributed by atoms with E-state index >= 15 is 0 Å². The summed E-state index contributed by atoms with van der Waals surface area (Å²) in [7, 11) is 0. The summed E-state index contributed by atoms with van der Waals surface area (Å²) < 4.78 is 43.6. The highest BCUT2D eigenvalue weighted by atomic mass is 32.2. The molecule has 6 nitrogen and oxygen atoms in total. The first-order chi connectivity index (χ1) is 13.6. The Morgan fingerprint density at radius 1 is 1.24 bits per heavy atom. The van der Waals surface area contributed by atoms with Gasteiger partial charge in [0.25, 0.3) is 5.69 Å². The van der Waals surface area contributed by atoms with E-state index < -0.39 is 28.3 Å². The molecule has 156 valence electrons. The summed E-state index contributed by atoms with van der Waals surface area (Å²) in [5, 5.41) is 13.8. The molecule has 1 unspecified atom stereocenters. The Morgan fingerprint density at radius 2 is 1.90 bits per heavy atom. The monoisotopic (exact) mass is 428 g/mol. The van der Waals surface area contributed by atoms with Gasteiger partial charge in [0.2, 0.25) is 5.91 Å². The minimum absolute atomic E-state index is 0.00753. The van der Waals surface area contributed by atoms with E-state index in [0.29, 0.717) is 18.4 Å². The van der Waals surface area contributed by atoms with Crippen LogP contribution >= 0.6 is 11.8 Å². The number of ether oxygens (including phenoxy) is 1. The molecule has 0 aromatic heterocycles. The van der Waals surface area contributed by atoms with Gasteiger partial charge in [-0.15, -0.1) is 11.8 Å². The van der Waals surface area contributed by atoms with E-state index in [9.17, 15) is 28.1 Å². The Morgan fingerprint density at radius 3 is 2.45 bits per heavy atom. The number of carbonyl (C=O) groups excluding carboxylic acids is 1. The van der Waals surface area contributed by atoms with Gasteiger partial charge < -0.3 is 10.1 Å². The topological polar surface area (TPSA) is 81.5 Å². The van der Waals surface area contributed by atoms with Gasteiger partial charge in [-0.1, -0.05) is 12.1 Å². The third-order valence-corrected chi connectivity index (χ3v) is 4.97. The van der Waals surface area contributed by atoms with Crippen LogP contribution in [0.5, 0.6) is 5.75 Å². The number of rotatable bonds is 8. The molecule has 1 N–H and O–H groups in total. The number of thioether (sulfide) groups is 1. The minimum atomic E-state index is -4.68. The Balaban J connectivity index is 2.00. The van der Waals surface area contributed by atoms with Crippen molar-refractivity contribution in [2.45, 2.75) is 31.0 Å². The Bertz CT molecular complexity index is 873. The summed E-state index contributed by atoms with van der Waals surface area (Å²) in [6.07, 6.45) is -4.68. The van der Waals surface area contributed by atoms with Crippen molar-refractivity contribution in [3.05, 3.63) is 63.7 Å². The number of benzene rings is 2. The van der Waals surface area contributed by atoms with Crippen LogP contribution in [-0.2, 0) is 11.0 Å². The molecule has 2 aromatic carbocycles. The summed E-state index contributed by atoms with van der Waals surface area (Å²) >= 11 is 0.808. The fourth-order valence-corrected chi connectivity index (χ4v) is 3.30. The first kappa shape index (κ1) is 22.5. The Hall–Kier alpha value is -2.75. The van der Waals surface area contributed by atoms with Gasteiger partial charge in [0.15, 0.2) is 0 Å². The maximum Gasteiger partial charge on any atom is 0.416 e. The number of nitrogens with zero attached hydrogens (tertiary/aromatic N) is 1. The van der Waals surface area contributed by atoms with E-state index in [2.05, 4.69) is 5.32 Å². The zero-order valence-electron chi connectivity index (χ0n) is 15.7. The van der Waals surface area contributed by atoms with Crippen molar-refractivity contribution in [2.24, 2.45) is 0 Å². The van der Waals surface area contributed by atoms with Crippen LogP contribution in [0.1, 0.15) is 31.0 Å². The van der Waals surface area contributed by atoms with Crippen molar-refractivity contribution in [1.29, 1.82) is 0 Å². The number of alkyl halides is 3. The summed E-state index contributed by atoms with van der Waals surface area (Å²) in [6, 6.07) is 9.10. The number of hydrogen-bond acceptors (Lipinski definition) is 5. The van der Waals surface area contributed by atoms with Crippen molar-refractivity contribution >= 4 is 23.4 Å². The lowest BCUT2D eigenvalue weighted by Crippen LogP contribution is -2.28. The van der Waals surface area contributed by atoms with Crippen LogP contribution in [0.2, 0.25) is 0 Å². The van der Waals surface area contributed by atoms with E-state index in [0.717, 1.165) is 29.5 Å². The largest absolute Gasteiger partial charge is 0.494 e. The van der Waals surface area contributed by atoms with Gasteiger partial charge in [0, 0.05) is 6.07 Å². The van der Waals surface area contributed by atoms with Crippen molar-refractivity contribution in [3.8, 4) is 5.75 Å². The molecule has 29 heavy (non-hydrogen) atoms. The average molecular weight is 428 g/mol. The van der Waals surface area contributed by atoms with Crippen LogP contribution in [0.3, 0.4) is 0 Å². The first-order valence-electron chi connectivity index (χ1n) is 8.62. The zero-order valence-corrected chi connectivity index (χ0v) is 16.5. The molecule has 0 aliphatic heterocycles. The molecule has 0 aliphatic rings. The molecule has 1 atom stereocenters. The fraction of sp³-hybridized carbons (Fsp3) is 0.316. The van der Waals surface area contributed by atoms with Crippen molar-refractivity contribution < 1.29 is 27.6 Å². The van der Waals surface area contributed by atoms with Gasteiger partial charge in [0.05, 0.1) is 33.8 Å². The van der Waals surface area contributed by atoms with E-state index in [-0.39, 0.29) is 16.7 Å². The van der Waals surface area contributed by atoms with Crippen molar-refractivity contribution in [3.63, 3.8) is 0 Å². The van der Waals surface area contributed by atoms with Crippen LogP contribution in [0, 0.1) is 10.1 Å². The normalized spacial score (nSPS) is 12.3. The fourth-order valence-electron chi connectivity index (χ4n) is 2.49. The lowest BCUT2D eigenvalue weighted by Gasteiger charge is -2.15. The van der Waals surface area contributed by atoms with Crippen molar-refractivity contribution in [1.82, 2.24) is 5.32 Å². The van der Waals surface area contributed by atoms with Crippen LogP contribution in [0.4, 0.5) is 18.9 Å². The molecule has 2 aromatic rings. The highest BCUT2D eigenvalue weighted by Gasteiger charge is 2.33. The second-order valence-corrected chi connectivity index (χ2v) is 7.03. The smallest absolute Gasteiger partial charge is 0.416 e. The van der Waals surface area contributed by atoms with Gasteiger partial charge in [-0.25, -0.2) is 0 Å². The zero-order chi connectivity index (χ0) is 21.6. The number of carbonyl (C=O) groups is 1. The lowest BCUT2D eigenvalue weighted by molar-refractivity contribution is -0.388. The number of nitro groups is 1. The average Bonchev–Trinajstić information content (AvgIpc) is 2.66. The molecule has 0 radical (unpaired) electrons. The summed E-state index contributed by atoms with van der Waals surface area (Å²) in [5.74, 6) is 0.138. The van der Waals surface area contributed by atoms with E-state index in [1.807, 2.05) is 19.1 Å². The maximum absolute atomic E-state index is 12.7. The molecule has 0 fully saturated rings. The van der Waals surface area contributed by atoms with Crippen LogP contribution in [0.25, 0.3) is 0 Å². The molecular formula is C19H19F3N2O4S. The van der Waals surface area contributed by atoms with Crippen molar-refractivity contribution in [2.75, 3.05) is 12.4 Å². The molecule has 0 spiro atoms. The molecule has 1 amide bonds. The van der Waals surface area contributed by atoms with Gasteiger partial charge in [-0.05, 0) is 43.7 Å². The second-order valence-electron chi connectivity index (χ2n) is 6.02. The predicted octanol–water partition coefficient (Wildman–Crippen LogP) is 4.98. The molecule has 0 saturated heterocycles. The van der Waals surface area contributed by atoms with Crippen LogP contribution in [-0.4, -0.2) is 23.2 Å². The third-order valence-electron chi connectivity index (χ3n) is 3.91. The lowest BCUT2D eigenvalue weighted by atomic mass is 10.1. The van der Waals surface area contributed by atoms with Gasteiger partial charge in [0.1, 0.15) is 5.75 Å². The first-order valence-corrected chi connectivity index (χ1v) is 9.61. The molecular weight excluding hydrogens is 409 g/mol. The van der Waals surface area contributed by atoms with Crippen LogP contribution < -0.4 is 10.1 Å². The van der Waals surface area contributed by atoms with Gasteiger partial charge >= 0.3 is 6.18 Å². The molecule has 2 rings (SSSR count).